The number of rotatable bonds is 5. The Balaban J connectivity index is 2.04. The second-order valence-corrected chi connectivity index (χ2v) is 7.22. The van der Waals surface area contributed by atoms with Crippen molar-refractivity contribution in [2.75, 3.05) is 7.05 Å². The quantitative estimate of drug-likeness (QED) is 0.850. The lowest BCUT2D eigenvalue weighted by Gasteiger charge is -2.18. The van der Waals surface area contributed by atoms with Gasteiger partial charge < -0.3 is 0 Å². The van der Waals surface area contributed by atoms with E-state index in [9.17, 15) is 0 Å². The minimum atomic E-state index is -0.0205. The van der Waals surface area contributed by atoms with E-state index in [0.29, 0.717) is 11.4 Å². The van der Waals surface area contributed by atoms with Crippen molar-refractivity contribution in [1.82, 2.24) is 19.7 Å². The zero-order chi connectivity index (χ0) is 16.3. The number of aromatic amines is 1. The van der Waals surface area contributed by atoms with Gasteiger partial charge in [0.2, 0.25) is 4.77 Å². The van der Waals surface area contributed by atoms with E-state index in [1.165, 1.54) is 11.1 Å². The van der Waals surface area contributed by atoms with Gasteiger partial charge in [-0.2, -0.15) is 0 Å². The van der Waals surface area contributed by atoms with Gasteiger partial charge in [-0.15, -0.1) is 0 Å². The highest BCUT2D eigenvalue weighted by molar-refractivity contribution is 7.71. The molecule has 0 bridgehead atoms. The predicted octanol–water partition coefficient (Wildman–Crippen LogP) is 3.89. The summed E-state index contributed by atoms with van der Waals surface area (Å²) in [7, 11) is 2.09. The molecule has 2 rings (SSSR count). The Kier molecular flexibility index (Phi) is 5.19. The highest BCUT2D eigenvalue weighted by Gasteiger charge is 2.18. The SMILES string of the molecule is CCc1ccc(CN(C)Cn2[nH]c(C(C)(C)C)nc2=S)cc1. The summed E-state index contributed by atoms with van der Waals surface area (Å²) in [4.78, 5) is 6.68. The van der Waals surface area contributed by atoms with Crippen molar-refractivity contribution >= 4 is 12.2 Å². The van der Waals surface area contributed by atoms with Gasteiger partial charge in [0, 0.05) is 12.0 Å². The van der Waals surface area contributed by atoms with Crippen LogP contribution in [0.3, 0.4) is 0 Å². The molecule has 120 valence electrons. The van der Waals surface area contributed by atoms with E-state index < -0.39 is 0 Å². The van der Waals surface area contributed by atoms with Crippen LogP contribution in [-0.4, -0.2) is 26.7 Å². The molecule has 0 aliphatic heterocycles. The van der Waals surface area contributed by atoms with Crippen LogP contribution in [0, 0.1) is 4.77 Å². The largest absolute Gasteiger partial charge is 0.283 e. The lowest BCUT2D eigenvalue weighted by Crippen LogP contribution is -2.23. The average molecular weight is 318 g/mol. The molecule has 2 aromatic rings. The number of hydrogen-bond donors (Lipinski definition) is 1. The van der Waals surface area contributed by atoms with Gasteiger partial charge in [-0.05, 0) is 36.8 Å². The van der Waals surface area contributed by atoms with Crippen LogP contribution in [0.15, 0.2) is 24.3 Å². The van der Waals surface area contributed by atoms with Crippen LogP contribution >= 0.6 is 12.2 Å². The number of hydrogen-bond acceptors (Lipinski definition) is 3. The van der Waals surface area contributed by atoms with E-state index in [0.717, 1.165) is 18.8 Å². The number of aryl methyl sites for hydroxylation is 1. The standard InChI is InChI=1S/C17H26N4S/c1-6-13-7-9-14(10-8-13)11-20(5)12-21-16(22)18-15(19-21)17(2,3)4/h7-10H,6,11-12H2,1-5H3,(H,18,19,22). The first-order chi connectivity index (χ1) is 10.3. The third kappa shape index (κ3) is 4.27. The summed E-state index contributed by atoms with van der Waals surface area (Å²) >= 11 is 5.35. The fraction of sp³-hybridized carbons (Fsp3) is 0.529. The second-order valence-electron chi connectivity index (χ2n) is 6.86. The van der Waals surface area contributed by atoms with Crippen molar-refractivity contribution in [3.63, 3.8) is 0 Å². The summed E-state index contributed by atoms with van der Waals surface area (Å²) in [5.41, 5.74) is 2.66. The van der Waals surface area contributed by atoms with E-state index in [1.54, 1.807) is 0 Å². The molecule has 5 heteroatoms. The molecule has 0 aliphatic carbocycles. The normalized spacial score (nSPS) is 12.1. The van der Waals surface area contributed by atoms with E-state index in [1.807, 2.05) is 4.68 Å². The average Bonchev–Trinajstić information content (AvgIpc) is 2.81. The molecule has 1 N–H and O–H groups in total. The molecule has 0 unspecified atom stereocenters. The molecular weight excluding hydrogens is 292 g/mol. The number of aromatic nitrogens is 3. The minimum Gasteiger partial charge on any atom is -0.283 e. The van der Waals surface area contributed by atoms with Crippen molar-refractivity contribution in [1.29, 1.82) is 0 Å². The van der Waals surface area contributed by atoms with Gasteiger partial charge in [-0.3, -0.25) is 10.00 Å². The highest BCUT2D eigenvalue weighted by Crippen LogP contribution is 2.17. The van der Waals surface area contributed by atoms with Crippen LogP contribution < -0.4 is 0 Å². The number of nitrogens with zero attached hydrogens (tertiary/aromatic N) is 3. The third-order valence-electron chi connectivity index (χ3n) is 3.66. The van der Waals surface area contributed by atoms with E-state index in [-0.39, 0.29) is 5.41 Å². The van der Waals surface area contributed by atoms with Crippen molar-refractivity contribution in [3.05, 3.63) is 46.0 Å². The van der Waals surface area contributed by atoms with Crippen molar-refractivity contribution < 1.29 is 0 Å². The molecule has 0 amide bonds. The highest BCUT2D eigenvalue weighted by atomic mass is 32.1. The Morgan fingerprint density at radius 1 is 1.18 bits per heavy atom. The fourth-order valence-corrected chi connectivity index (χ4v) is 2.47. The molecule has 0 radical (unpaired) electrons. The zero-order valence-electron chi connectivity index (χ0n) is 14.2. The third-order valence-corrected chi connectivity index (χ3v) is 3.97. The van der Waals surface area contributed by atoms with Gasteiger partial charge in [0.05, 0.1) is 6.67 Å². The van der Waals surface area contributed by atoms with E-state index in [2.05, 4.69) is 74.0 Å². The van der Waals surface area contributed by atoms with Crippen LogP contribution in [0.25, 0.3) is 0 Å². The number of nitrogens with one attached hydrogen (secondary N) is 1. The summed E-state index contributed by atoms with van der Waals surface area (Å²) in [6, 6.07) is 8.79. The molecule has 0 atom stereocenters. The molecule has 0 saturated heterocycles. The van der Waals surface area contributed by atoms with Gasteiger partial charge in [-0.25, -0.2) is 9.67 Å². The summed E-state index contributed by atoms with van der Waals surface area (Å²) in [5.74, 6) is 0.929. The van der Waals surface area contributed by atoms with Gasteiger partial charge in [-0.1, -0.05) is 52.0 Å². The minimum absolute atomic E-state index is 0.0205. The lowest BCUT2D eigenvalue weighted by molar-refractivity contribution is 0.243. The van der Waals surface area contributed by atoms with Crippen molar-refractivity contribution in [3.8, 4) is 0 Å². The molecule has 1 aromatic carbocycles. The lowest BCUT2D eigenvalue weighted by atomic mass is 9.96. The molecule has 1 heterocycles. The van der Waals surface area contributed by atoms with Gasteiger partial charge in [0.25, 0.3) is 0 Å². The Bertz CT molecular complexity index is 661. The maximum absolute atomic E-state index is 5.35. The van der Waals surface area contributed by atoms with Crippen LogP contribution in [-0.2, 0) is 25.0 Å². The maximum atomic E-state index is 5.35. The van der Waals surface area contributed by atoms with Gasteiger partial charge >= 0.3 is 0 Å². The smallest absolute Gasteiger partial charge is 0.217 e. The summed E-state index contributed by atoms with van der Waals surface area (Å²) < 4.78 is 2.54. The molecule has 0 aliphatic rings. The molecule has 0 saturated carbocycles. The molecule has 4 nitrogen and oxygen atoms in total. The fourth-order valence-electron chi connectivity index (χ4n) is 2.27. The number of benzene rings is 1. The molecule has 0 fully saturated rings. The maximum Gasteiger partial charge on any atom is 0.217 e. The molecule has 0 spiro atoms. The topological polar surface area (TPSA) is 36.9 Å². The van der Waals surface area contributed by atoms with Crippen LogP contribution in [0.5, 0.6) is 0 Å². The Labute approximate surface area is 138 Å². The number of H-pyrrole nitrogens is 1. The van der Waals surface area contributed by atoms with Crippen LogP contribution in [0.1, 0.15) is 44.6 Å². The Morgan fingerprint density at radius 2 is 1.77 bits per heavy atom. The first kappa shape index (κ1) is 16.9. The zero-order valence-corrected chi connectivity index (χ0v) is 15.0. The van der Waals surface area contributed by atoms with Crippen molar-refractivity contribution in [2.24, 2.45) is 0 Å². The van der Waals surface area contributed by atoms with E-state index >= 15 is 0 Å². The Hall–Kier alpha value is -1.46. The predicted molar refractivity (Wildman–Crippen MR) is 93.4 cm³/mol. The summed E-state index contributed by atoms with van der Waals surface area (Å²) in [5, 5.41) is 3.32. The van der Waals surface area contributed by atoms with Crippen LogP contribution in [0.4, 0.5) is 0 Å². The monoisotopic (exact) mass is 318 g/mol. The van der Waals surface area contributed by atoms with Gasteiger partial charge in [0.1, 0.15) is 5.82 Å². The molecular formula is C17H26N4S. The summed E-state index contributed by atoms with van der Waals surface area (Å²) in [6.45, 7) is 10.2. The Morgan fingerprint density at radius 3 is 2.27 bits per heavy atom. The van der Waals surface area contributed by atoms with Crippen LogP contribution in [0.2, 0.25) is 0 Å². The second kappa shape index (κ2) is 6.75. The van der Waals surface area contributed by atoms with Gasteiger partial charge in [0.15, 0.2) is 0 Å². The van der Waals surface area contributed by atoms with Crippen molar-refractivity contribution in [2.45, 2.75) is 52.7 Å². The molecule has 1 aromatic heterocycles. The van der Waals surface area contributed by atoms with E-state index in [4.69, 9.17) is 12.2 Å². The first-order valence-electron chi connectivity index (χ1n) is 7.73. The molecule has 22 heavy (non-hydrogen) atoms. The summed E-state index contributed by atoms with van der Waals surface area (Å²) in [6.07, 6.45) is 1.08. The first-order valence-corrected chi connectivity index (χ1v) is 8.14.